The van der Waals surface area contributed by atoms with Gasteiger partial charge in [-0.2, -0.15) is 5.10 Å². The molecule has 0 N–H and O–H groups in total. The molecule has 0 saturated heterocycles. The highest BCUT2D eigenvalue weighted by atomic mass is 19.1. The van der Waals surface area contributed by atoms with Crippen LogP contribution in [0.15, 0.2) is 42.6 Å². The van der Waals surface area contributed by atoms with Crippen LogP contribution in [0.3, 0.4) is 0 Å². The topological polar surface area (TPSA) is 47.3 Å². The third-order valence-electron chi connectivity index (χ3n) is 2.81. The van der Waals surface area contributed by atoms with Gasteiger partial charge in [0, 0.05) is 12.6 Å². The van der Waals surface area contributed by atoms with E-state index in [0.717, 1.165) is 11.8 Å². The Morgan fingerprint density at radius 1 is 1.26 bits per heavy atom. The predicted octanol–water partition coefficient (Wildman–Crippen LogP) is 2.27. The lowest BCUT2D eigenvalue weighted by Crippen LogP contribution is -1.92. The summed E-state index contributed by atoms with van der Waals surface area (Å²) in [4.78, 5) is 15.2. The van der Waals surface area contributed by atoms with Crippen molar-refractivity contribution in [3.8, 4) is 0 Å². The van der Waals surface area contributed by atoms with Crippen molar-refractivity contribution in [2.24, 2.45) is 0 Å². The van der Waals surface area contributed by atoms with Crippen LogP contribution in [-0.2, 0) is 6.42 Å². The first kappa shape index (κ1) is 11.5. The zero-order valence-corrected chi connectivity index (χ0v) is 9.95. The largest absolute Gasteiger partial charge is 0.298 e. The van der Waals surface area contributed by atoms with Crippen LogP contribution in [0.1, 0.15) is 21.7 Å². The minimum Gasteiger partial charge on any atom is -0.298 e. The number of benzene rings is 1. The summed E-state index contributed by atoms with van der Waals surface area (Å²) in [7, 11) is 0. The zero-order valence-electron chi connectivity index (χ0n) is 9.95. The van der Waals surface area contributed by atoms with Gasteiger partial charge in [0.15, 0.2) is 17.8 Å². The SMILES string of the molecule is O=Cc1cccn2nc(Cc3cccc(F)c3)nc12. The van der Waals surface area contributed by atoms with Gasteiger partial charge in [0.1, 0.15) is 5.82 Å². The number of aromatic nitrogens is 3. The van der Waals surface area contributed by atoms with Crippen LogP contribution in [-0.4, -0.2) is 20.9 Å². The van der Waals surface area contributed by atoms with Crippen LogP contribution < -0.4 is 0 Å². The third kappa shape index (κ3) is 2.22. The summed E-state index contributed by atoms with van der Waals surface area (Å²) in [5.41, 5.74) is 1.80. The molecule has 0 bridgehead atoms. The van der Waals surface area contributed by atoms with E-state index in [1.807, 2.05) is 6.07 Å². The van der Waals surface area contributed by atoms with Gasteiger partial charge in [0.05, 0.1) is 5.56 Å². The average molecular weight is 255 g/mol. The Morgan fingerprint density at radius 2 is 2.16 bits per heavy atom. The summed E-state index contributed by atoms with van der Waals surface area (Å²) >= 11 is 0. The molecule has 2 heterocycles. The Bertz CT molecular complexity index is 751. The van der Waals surface area contributed by atoms with E-state index in [-0.39, 0.29) is 5.82 Å². The lowest BCUT2D eigenvalue weighted by Gasteiger charge is -1.96. The van der Waals surface area contributed by atoms with Crippen LogP contribution in [0, 0.1) is 5.82 Å². The summed E-state index contributed by atoms with van der Waals surface area (Å²) in [6.07, 6.45) is 2.90. The van der Waals surface area contributed by atoms with Gasteiger partial charge >= 0.3 is 0 Å². The van der Waals surface area contributed by atoms with Crippen LogP contribution in [0.4, 0.5) is 4.39 Å². The number of carbonyl (C=O) groups is 1. The quantitative estimate of drug-likeness (QED) is 0.674. The van der Waals surface area contributed by atoms with Crippen molar-refractivity contribution in [3.63, 3.8) is 0 Å². The minimum atomic E-state index is -0.283. The fraction of sp³-hybridized carbons (Fsp3) is 0.0714. The molecule has 0 aliphatic rings. The normalized spacial score (nSPS) is 10.8. The maximum absolute atomic E-state index is 13.1. The molecule has 94 valence electrons. The first-order valence-corrected chi connectivity index (χ1v) is 5.80. The van der Waals surface area contributed by atoms with E-state index in [4.69, 9.17) is 0 Å². The van der Waals surface area contributed by atoms with Gasteiger partial charge in [-0.15, -0.1) is 0 Å². The van der Waals surface area contributed by atoms with Crippen LogP contribution in [0.5, 0.6) is 0 Å². The molecular weight excluding hydrogens is 245 g/mol. The summed E-state index contributed by atoms with van der Waals surface area (Å²) < 4.78 is 14.7. The van der Waals surface area contributed by atoms with Crippen molar-refractivity contribution in [1.82, 2.24) is 14.6 Å². The number of rotatable bonds is 3. The molecule has 0 aliphatic heterocycles. The Hall–Kier alpha value is -2.56. The second-order valence-electron chi connectivity index (χ2n) is 4.18. The number of nitrogens with zero attached hydrogens (tertiary/aromatic N) is 3. The predicted molar refractivity (Wildman–Crippen MR) is 67.6 cm³/mol. The number of hydrogen-bond donors (Lipinski definition) is 0. The molecule has 0 atom stereocenters. The first-order valence-electron chi connectivity index (χ1n) is 5.80. The molecular formula is C14H10FN3O. The summed E-state index contributed by atoms with van der Waals surface area (Å²) in [6.45, 7) is 0. The molecule has 0 fully saturated rings. The van der Waals surface area contributed by atoms with E-state index >= 15 is 0 Å². The lowest BCUT2D eigenvalue weighted by atomic mass is 10.1. The molecule has 19 heavy (non-hydrogen) atoms. The van der Waals surface area contributed by atoms with E-state index in [9.17, 15) is 9.18 Å². The third-order valence-corrected chi connectivity index (χ3v) is 2.81. The monoisotopic (exact) mass is 255 g/mol. The summed E-state index contributed by atoms with van der Waals surface area (Å²) in [5.74, 6) is 0.273. The van der Waals surface area contributed by atoms with E-state index in [1.54, 1.807) is 28.9 Å². The number of pyridine rings is 1. The highest BCUT2D eigenvalue weighted by molar-refractivity contribution is 5.83. The Labute approximate surface area is 108 Å². The molecule has 0 radical (unpaired) electrons. The van der Waals surface area contributed by atoms with E-state index < -0.39 is 0 Å². The number of hydrogen-bond acceptors (Lipinski definition) is 3. The zero-order chi connectivity index (χ0) is 13.2. The minimum absolute atomic E-state index is 0.283. The number of halogens is 1. The first-order chi connectivity index (χ1) is 9.26. The average Bonchev–Trinajstić information content (AvgIpc) is 2.80. The molecule has 0 spiro atoms. The second-order valence-corrected chi connectivity index (χ2v) is 4.18. The molecule has 1 aromatic carbocycles. The van der Waals surface area contributed by atoms with Crippen molar-refractivity contribution in [3.05, 3.63) is 65.4 Å². The molecule has 4 nitrogen and oxygen atoms in total. The van der Waals surface area contributed by atoms with Crippen molar-refractivity contribution in [2.75, 3.05) is 0 Å². The highest BCUT2D eigenvalue weighted by Gasteiger charge is 2.08. The molecule has 0 amide bonds. The maximum atomic E-state index is 13.1. The van der Waals surface area contributed by atoms with Crippen LogP contribution >= 0.6 is 0 Å². The van der Waals surface area contributed by atoms with Crippen LogP contribution in [0.2, 0.25) is 0 Å². The fourth-order valence-electron chi connectivity index (χ4n) is 1.97. The molecule has 5 heteroatoms. The molecule has 3 rings (SSSR count). The van der Waals surface area contributed by atoms with E-state index in [1.165, 1.54) is 12.1 Å². The second kappa shape index (κ2) is 4.61. The van der Waals surface area contributed by atoms with Gasteiger partial charge in [0.25, 0.3) is 0 Å². The Balaban J connectivity index is 2.00. The molecule has 0 aliphatic carbocycles. The van der Waals surface area contributed by atoms with Gasteiger partial charge < -0.3 is 0 Å². The van der Waals surface area contributed by atoms with Crippen molar-refractivity contribution >= 4 is 11.9 Å². The van der Waals surface area contributed by atoms with Gasteiger partial charge in [-0.05, 0) is 29.8 Å². The van der Waals surface area contributed by atoms with Gasteiger partial charge in [-0.25, -0.2) is 13.9 Å². The van der Waals surface area contributed by atoms with Gasteiger partial charge in [-0.1, -0.05) is 12.1 Å². The lowest BCUT2D eigenvalue weighted by molar-refractivity contribution is 0.112. The smallest absolute Gasteiger partial charge is 0.166 e. The number of carbonyl (C=O) groups excluding carboxylic acids is 1. The van der Waals surface area contributed by atoms with Gasteiger partial charge in [-0.3, -0.25) is 4.79 Å². The standard InChI is InChI=1S/C14H10FN3O/c15-12-5-1-3-10(7-12)8-13-16-14-11(9-19)4-2-6-18(14)17-13/h1-7,9H,8H2. The molecule has 0 saturated carbocycles. The molecule has 0 unspecified atom stereocenters. The van der Waals surface area contributed by atoms with Crippen molar-refractivity contribution in [2.45, 2.75) is 6.42 Å². The van der Waals surface area contributed by atoms with Crippen molar-refractivity contribution in [1.29, 1.82) is 0 Å². The maximum Gasteiger partial charge on any atom is 0.166 e. The summed E-state index contributed by atoms with van der Waals surface area (Å²) in [5, 5.41) is 4.27. The molecule has 2 aromatic heterocycles. The number of fused-ring (bicyclic) bond motifs is 1. The van der Waals surface area contributed by atoms with E-state index in [2.05, 4.69) is 10.1 Å². The van der Waals surface area contributed by atoms with Crippen molar-refractivity contribution < 1.29 is 9.18 Å². The molecule has 3 aromatic rings. The van der Waals surface area contributed by atoms with Gasteiger partial charge in [0.2, 0.25) is 0 Å². The fourth-order valence-corrected chi connectivity index (χ4v) is 1.97. The Morgan fingerprint density at radius 3 is 2.95 bits per heavy atom. The van der Waals surface area contributed by atoms with E-state index in [0.29, 0.717) is 23.5 Å². The summed E-state index contributed by atoms with van der Waals surface area (Å²) in [6, 6.07) is 9.73. The Kier molecular flexibility index (Phi) is 2.79. The highest BCUT2D eigenvalue weighted by Crippen LogP contribution is 2.11. The van der Waals surface area contributed by atoms with Crippen LogP contribution in [0.25, 0.3) is 5.65 Å². The number of aldehydes is 1.